The van der Waals surface area contributed by atoms with Gasteiger partial charge in [0.05, 0.1) is 0 Å². The number of hydrogen-bond acceptors (Lipinski definition) is 3. The van der Waals surface area contributed by atoms with Crippen LogP contribution in [0.25, 0.3) is 0 Å². The minimum Gasteiger partial charge on any atom is -0.480 e. The Balaban J connectivity index is 2.50. The van der Waals surface area contributed by atoms with Gasteiger partial charge in [0.1, 0.15) is 6.04 Å². The molecule has 1 rings (SSSR count). The molecule has 1 aliphatic rings. The summed E-state index contributed by atoms with van der Waals surface area (Å²) in [6, 6.07) is -0.806. The SMILES string of the molecule is CC(C)C[C@H](NC(=O)CC1(N)CCCCC1)C(=O)O. The highest BCUT2D eigenvalue weighted by Gasteiger charge is 2.31. The highest BCUT2D eigenvalue weighted by molar-refractivity contribution is 5.84. The Hall–Kier alpha value is -1.10. The van der Waals surface area contributed by atoms with Crippen molar-refractivity contribution in [2.75, 3.05) is 0 Å². The maximum atomic E-state index is 12.0. The van der Waals surface area contributed by atoms with E-state index in [4.69, 9.17) is 10.8 Å². The van der Waals surface area contributed by atoms with Gasteiger partial charge in [0.15, 0.2) is 0 Å². The van der Waals surface area contributed by atoms with Crippen LogP contribution >= 0.6 is 0 Å². The molecule has 0 unspecified atom stereocenters. The van der Waals surface area contributed by atoms with Gasteiger partial charge in [0, 0.05) is 12.0 Å². The monoisotopic (exact) mass is 270 g/mol. The predicted octanol–water partition coefficient (Wildman–Crippen LogP) is 1.65. The average molecular weight is 270 g/mol. The van der Waals surface area contributed by atoms with Crippen molar-refractivity contribution in [3.8, 4) is 0 Å². The number of nitrogens with two attached hydrogens (primary N) is 1. The van der Waals surface area contributed by atoms with Crippen LogP contribution in [0.2, 0.25) is 0 Å². The van der Waals surface area contributed by atoms with E-state index >= 15 is 0 Å². The molecule has 4 N–H and O–H groups in total. The number of hydrogen-bond donors (Lipinski definition) is 3. The van der Waals surface area contributed by atoms with Crippen molar-refractivity contribution in [1.29, 1.82) is 0 Å². The van der Waals surface area contributed by atoms with Crippen LogP contribution in [0.15, 0.2) is 0 Å². The maximum absolute atomic E-state index is 12.0. The van der Waals surface area contributed by atoms with Gasteiger partial charge in [-0.05, 0) is 25.2 Å². The van der Waals surface area contributed by atoms with Crippen molar-refractivity contribution < 1.29 is 14.7 Å². The molecule has 0 saturated heterocycles. The maximum Gasteiger partial charge on any atom is 0.326 e. The van der Waals surface area contributed by atoms with Crippen LogP contribution in [-0.4, -0.2) is 28.6 Å². The minimum absolute atomic E-state index is 0.225. The molecule has 0 heterocycles. The number of carboxylic acids is 1. The topological polar surface area (TPSA) is 92.4 Å². The number of carbonyl (C=O) groups is 2. The lowest BCUT2D eigenvalue weighted by Crippen LogP contribution is -2.49. The Morgan fingerprint density at radius 1 is 1.26 bits per heavy atom. The molecule has 19 heavy (non-hydrogen) atoms. The van der Waals surface area contributed by atoms with E-state index < -0.39 is 17.6 Å². The number of rotatable bonds is 6. The van der Waals surface area contributed by atoms with Gasteiger partial charge in [-0.3, -0.25) is 4.79 Å². The van der Waals surface area contributed by atoms with Crippen molar-refractivity contribution in [3.05, 3.63) is 0 Å². The molecule has 5 heteroatoms. The molecule has 1 fully saturated rings. The Morgan fingerprint density at radius 2 is 1.84 bits per heavy atom. The lowest BCUT2D eigenvalue weighted by Gasteiger charge is -2.33. The molecule has 0 aromatic heterocycles. The summed E-state index contributed by atoms with van der Waals surface area (Å²) in [5.74, 6) is -0.989. The second-order valence-electron chi connectivity index (χ2n) is 6.19. The highest BCUT2D eigenvalue weighted by atomic mass is 16.4. The molecule has 0 aliphatic heterocycles. The molecule has 0 spiro atoms. The molecule has 5 nitrogen and oxygen atoms in total. The Labute approximate surface area is 114 Å². The second kappa shape index (κ2) is 6.89. The van der Waals surface area contributed by atoms with Gasteiger partial charge in [-0.15, -0.1) is 0 Å². The van der Waals surface area contributed by atoms with Crippen molar-refractivity contribution in [1.82, 2.24) is 5.32 Å². The third kappa shape index (κ3) is 5.59. The van der Waals surface area contributed by atoms with Gasteiger partial charge in [-0.2, -0.15) is 0 Å². The van der Waals surface area contributed by atoms with Gasteiger partial charge in [0.25, 0.3) is 0 Å². The molecular weight excluding hydrogens is 244 g/mol. The molecule has 0 aromatic carbocycles. The Kier molecular flexibility index (Phi) is 5.79. The predicted molar refractivity (Wildman–Crippen MR) is 73.6 cm³/mol. The summed E-state index contributed by atoms with van der Waals surface area (Å²) >= 11 is 0. The summed E-state index contributed by atoms with van der Waals surface area (Å²) in [5, 5.41) is 11.7. The third-order valence-electron chi connectivity index (χ3n) is 3.70. The molecule has 1 amide bonds. The van der Waals surface area contributed by atoms with E-state index in [9.17, 15) is 9.59 Å². The number of carbonyl (C=O) groups excluding carboxylic acids is 1. The highest BCUT2D eigenvalue weighted by Crippen LogP contribution is 2.28. The quantitative estimate of drug-likeness (QED) is 0.684. The zero-order valence-corrected chi connectivity index (χ0v) is 11.9. The number of aliphatic carboxylic acids is 1. The molecular formula is C14H26N2O3. The van der Waals surface area contributed by atoms with E-state index in [2.05, 4.69) is 5.32 Å². The first kappa shape index (κ1) is 16.0. The smallest absolute Gasteiger partial charge is 0.326 e. The van der Waals surface area contributed by atoms with Gasteiger partial charge in [-0.25, -0.2) is 4.79 Å². The van der Waals surface area contributed by atoms with Crippen molar-refractivity contribution >= 4 is 11.9 Å². The fourth-order valence-electron chi connectivity index (χ4n) is 2.69. The number of carboxylic acid groups (broad SMARTS) is 1. The van der Waals surface area contributed by atoms with Crippen LogP contribution in [0.3, 0.4) is 0 Å². The second-order valence-corrected chi connectivity index (χ2v) is 6.19. The third-order valence-corrected chi connectivity index (χ3v) is 3.70. The minimum atomic E-state index is -0.975. The summed E-state index contributed by atoms with van der Waals surface area (Å²) in [6.07, 6.45) is 5.65. The largest absolute Gasteiger partial charge is 0.480 e. The van der Waals surface area contributed by atoms with E-state index in [0.29, 0.717) is 6.42 Å². The first-order chi connectivity index (χ1) is 8.82. The fourth-order valence-corrected chi connectivity index (χ4v) is 2.69. The first-order valence-corrected chi connectivity index (χ1v) is 7.13. The van der Waals surface area contributed by atoms with Gasteiger partial charge in [-0.1, -0.05) is 33.1 Å². The standard InChI is InChI=1S/C14H26N2O3/c1-10(2)8-11(13(18)19)16-12(17)9-14(15)6-4-3-5-7-14/h10-11H,3-9,15H2,1-2H3,(H,16,17)(H,18,19)/t11-/m0/s1. The van der Waals surface area contributed by atoms with Gasteiger partial charge >= 0.3 is 5.97 Å². The van der Waals surface area contributed by atoms with E-state index in [0.717, 1.165) is 25.7 Å². The summed E-state index contributed by atoms with van der Waals surface area (Å²) in [4.78, 5) is 23.1. The zero-order valence-electron chi connectivity index (χ0n) is 11.9. The van der Waals surface area contributed by atoms with Crippen molar-refractivity contribution in [3.63, 3.8) is 0 Å². The Bertz CT molecular complexity index is 323. The number of nitrogens with one attached hydrogen (secondary N) is 1. The van der Waals surface area contributed by atoms with Crippen molar-refractivity contribution in [2.45, 2.75) is 70.4 Å². The molecule has 1 aliphatic carbocycles. The van der Waals surface area contributed by atoms with Crippen molar-refractivity contribution in [2.24, 2.45) is 11.7 Å². The first-order valence-electron chi connectivity index (χ1n) is 7.13. The fraction of sp³-hybridized carbons (Fsp3) is 0.857. The van der Waals surface area contributed by atoms with Crippen LogP contribution in [0, 0.1) is 5.92 Å². The van der Waals surface area contributed by atoms with E-state index in [1.807, 2.05) is 13.8 Å². The normalized spacial score (nSPS) is 20.0. The lowest BCUT2D eigenvalue weighted by molar-refractivity contribution is -0.142. The van der Waals surface area contributed by atoms with Gasteiger partial charge in [0.2, 0.25) is 5.91 Å². The molecule has 0 radical (unpaired) electrons. The summed E-state index contributed by atoms with van der Waals surface area (Å²) in [6.45, 7) is 3.88. The van der Waals surface area contributed by atoms with Crippen LogP contribution in [0.5, 0.6) is 0 Å². The van der Waals surface area contributed by atoms with Crippen LogP contribution in [0.1, 0.15) is 58.8 Å². The molecule has 1 saturated carbocycles. The lowest BCUT2D eigenvalue weighted by atomic mass is 9.80. The van der Waals surface area contributed by atoms with E-state index in [1.165, 1.54) is 6.42 Å². The molecule has 0 aromatic rings. The average Bonchev–Trinajstić information content (AvgIpc) is 2.27. The van der Waals surface area contributed by atoms with Crippen LogP contribution < -0.4 is 11.1 Å². The summed E-state index contributed by atoms with van der Waals surface area (Å²) < 4.78 is 0. The molecule has 0 bridgehead atoms. The van der Waals surface area contributed by atoms with Crippen LogP contribution in [-0.2, 0) is 9.59 Å². The van der Waals surface area contributed by atoms with E-state index in [-0.39, 0.29) is 18.2 Å². The molecule has 110 valence electrons. The molecule has 1 atom stereocenters. The zero-order chi connectivity index (χ0) is 14.5. The van der Waals surface area contributed by atoms with Gasteiger partial charge < -0.3 is 16.2 Å². The summed E-state index contributed by atoms with van der Waals surface area (Å²) in [7, 11) is 0. The van der Waals surface area contributed by atoms with Crippen LogP contribution in [0.4, 0.5) is 0 Å². The number of amides is 1. The van der Waals surface area contributed by atoms with E-state index in [1.54, 1.807) is 0 Å². The Morgan fingerprint density at radius 3 is 2.32 bits per heavy atom. The summed E-state index contributed by atoms with van der Waals surface area (Å²) in [5.41, 5.74) is 5.76.